The molecule has 0 unspecified atom stereocenters. The van der Waals surface area contributed by atoms with E-state index in [1.807, 2.05) is 91.0 Å². The Balaban J connectivity index is 0.000000262. The molecular formula is C41H41N2OV-3. The first-order valence-corrected chi connectivity index (χ1v) is 14.5. The Kier molecular flexibility index (Phi) is 16.7. The van der Waals surface area contributed by atoms with E-state index in [9.17, 15) is 5.11 Å². The summed E-state index contributed by atoms with van der Waals surface area (Å²) in [6, 6.07) is 52.9. The zero-order valence-electron chi connectivity index (χ0n) is 26.5. The number of aromatic hydroxyl groups is 1. The summed E-state index contributed by atoms with van der Waals surface area (Å²) < 4.78 is 0. The Morgan fingerprint density at radius 2 is 0.600 bits per heavy atom. The predicted molar refractivity (Wildman–Crippen MR) is 191 cm³/mol. The fourth-order valence-corrected chi connectivity index (χ4v) is 4.61. The average molecular weight is 629 g/mol. The van der Waals surface area contributed by atoms with Crippen LogP contribution in [-0.2, 0) is 18.6 Å². The quantitative estimate of drug-likeness (QED) is 0.194. The van der Waals surface area contributed by atoms with Gasteiger partial charge in [-0.25, -0.2) is 0 Å². The van der Waals surface area contributed by atoms with Crippen molar-refractivity contribution in [1.29, 1.82) is 0 Å². The number of rotatable bonds is 4. The van der Waals surface area contributed by atoms with Crippen molar-refractivity contribution in [3.05, 3.63) is 181 Å². The van der Waals surface area contributed by atoms with E-state index in [1.54, 1.807) is 28.2 Å². The van der Waals surface area contributed by atoms with Crippen LogP contribution < -0.4 is 0 Å². The number of benzene rings is 6. The molecule has 4 heteroatoms. The van der Waals surface area contributed by atoms with Crippen molar-refractivity contribution in [1.82, 2.24) is 0 Å². The number of nitrogens with zero attached hydrogens (tertiary/aromatic N) is 2. The first-order valence-electron chi connectivity index (χ1n) is 14.5. The summed E-state index contributed by atoms with van der Waals surface area (Å²) in [7, 11) is 7.00. The maximum atomic E-state index is 10.5. The normalized spacial score (nSPS) is 9.51. The van der Waals surface area contributed by atoms with Crippen molar-refractivity contribution in [3.63, 3.8) is 0 Å². The third-order valence-electron chi connectivity index (χ3n) is 6.55. The Hall–Kier alpha value is -4.51. The molecule has 0 amide bonds. The van der Waals surface area contributed by atoms with Crippen LogP contribution >= 0.6 is 0 Å². The largest absolute Gasteiger partial charge is 0.668 e. The third kappa shape index (κ3) is 10.9. The summed E-state index contributed by atoms with van der Waals surface area (Å²) in [4.78, 5) is 0. The minimum absolute atomic E-state index is 0. The zero-order chi connectivity index (χ0) is 31.6. The van der Waals surface area contributed by atoms with E-state index >= 15 is 0 Å². The maximum absolute atomic E-state index is 10.5. The zero-order valence-corrected chi connectivity index (χ0v) is 27.9. The first kappa shape index (κ1) is 36.7. The minimum atomic E-state index is 0. The Labute approximate surface area is 281 Å². The van der Waals surface area contributed by atoms with Gasteiger partial charge in [0.1, 0.15) is 5.75 Å². The molecule has 0 fully saturated rings. The van der Waals surface area contributed by atoms with Crippen LogP contribution in [0.15, 0.2) is 158 Å². The van der Waals surface area contributed by atoms with Crippen molar-refractivity contribution >= 4 is 0 Å². The topological polar surface area (TPSA) is 48.4 Å². The number of hydrogen-bond donors (Lipinski definition) is 1. The van der Waals surface area contributed by atoms with Gasteiger partial charge in [-0.2, -0.15) is 40.7 Å². The monoisotopic (exact) mass is 628 g/mol. The van der Waals surface area contributed by atoms with Crippen molar-refractivity contribution < 1.29 is 23.7 Å². The number of para-hydroxylation sites is 1. The van der Waals surface area contributed by atoms with E-state index in [2.05, 4.69) is 84.3 Å². The van der Waals surface area contributed by atoms with Gasteiger partial charge in [-0.3, -0.25) is 0 Å². The second-order valence-electron chi connectivity index (χ2n) is 9.89. The van der Waals surface area contributed by atoms with Crippen LogP contribution in [0.3, 0.4) is 0 Å². The second-order valence-corrected chi connectivity index (χ2v) is 9.89. The molecule has 6 aromatic rings. The Morgan fingerprint density at radius 3 is 0.867 bits per heavy atom. The number of phenolic OH excluding ortho intramolecular Hbond substituents is 1. The van der Waals surface area contributed by atoms with Gasteiger partial charge >= 0.3 is 0 Å². The molecule has 0 atom stereocenters. The molecule has 0 aliphatic heterocycles. The van der Waals surface area contributed by atoms with Crippen molar-refractivity contribution in [2.45, 2.75) is 0 Å². The summed E-state index contributed by atoms with van der Waals surface area (Å²) in [5, 5.41) is 17.5. The van der Waals surface area contributed by atoms with E-state index in [4.69, 9.17) is 0 Å². The van der Waals surface area contributed by atoms with Gasteiger partial charge in [0.2, 0.25) is 0 Å². The molecule has 0 saturated carbocycles. The van der Waals surface area contributed by atoms with Crippen LogP contribution in [0.5, 0.6) is 5.75 Å². The number of hydrogen-bond acceptors (Lipinski definition) is 1. The summed E-state index contributed by atoms with van der Waals surface area (Å²) in [6.45, 7) is 4.27. The molecule has 3 nitrogen and oxygen atoms in total. The van der Waals surface area contributed by atoms with Gasteiger partial charge in [0.05, 0.1) is 0 Å². The van der Waals surface area contributed by atoms with E-state index in [1.165, 1.54) is 22.3 Å². The molecule has 0 spiro atoms. The smallest absolute Gasteiger partial charge is 0.131 e. The van der Waals surface area contributed by atoms with Crippen LogP contribution in [-0.4, -0.2) is 33.3 Å². The molecule has 0 aliphatic rings. The predicted octanol–water partition coefficient (Wildman–Crippen LogP) is 11.2. The minimum Gasteiger partial charge on any atom is -0.668 e. The summed E-state index contributed by atoms with van der Waals surface area (Å²) in [6.07, 6.45) is 0. The molecule has 0 heterocycles. The molecular weight excluding hydrogens is 587 g/mol. The van der Waals surface area contributed by atoms with Crippen LogP contribution in [0, 0.1) is 6.92 Å². The maximum Gasteiger partial charge on any atom is 0.131 e. The number of phenols is 1. The summed E-state index contributed by atoms with van der Waals surface area (Å²) >= 11 is 0. The van der Waals surface area contributed by atoms with Crippen molar-refractivity contribution in [3.8, 4) is 50.3 Å². The second kappa shape index (κ2) is 20.5. The van der Waals surface area contributed by atoms with E-state index in [0.717, 1.165) is 27.8 Å². The van der Waals surface area contributed by atoms with Gasteiger partial charge in [0.25, 0.3) is 0 Å². The van der Waals surface area contributed by atoms with Crippen molar-refractivity contribution in [2.24, 2.45) is 0 Å². The molecule has 0 aromatic heterocycles. The molecule has 229 valence electrons. The molecule has 6 aromatic carbocycles. The van der Waals surface area contributed by atoms with Gasteiger partial charge < -0.3 is 15.7 Å². The molecule has 1 N–H and O–H groups in total. The first-order chi connectivity index (χ1) is 21.5. The Morgan fingerprint density at radius 1 is 0.378 bits per heavy atom. The molecule has 0 bridgehead atoms. The molecule has 0 saturated heterocycles. The molecule has 6 rings (SSSR count). The molecule has 0 aliphatic carbocycles. The van der Waals surface area contributed by atoms with Crippen LogP contribution in [0.25, 0.3) is 55.1 Å². The van der Waals surface area contributed by atoms with Gasteiger partial charge in [0.15, 0.2) is 0 Å². The SMILES string of the molecule is C[N-]C.C[N-]C.Oc1c(-c2ccccc2)cccc1-c1ccccc1.[CH2-]c1c(-c2ccccc2)cccc1-c1ccccc1.[V]. The summed E-state index contributed by atoms with van der Waals surface area (Å²) in [5.74, 6) is 0.333. The van der Waals surface area contributed by atoms with Gasteiger partial charge in [0, 0.05) is 29.7 Å². The van der Waals surface area contributed by atoms with Crippen LogP contribution in [0.2, 0.25) is 0 Å². The van der Waals surface area contributed by atoms with E-state index < -0.39 is 0 Å². The van der Waals surface area contributed by atoms with Crippen molar-refractivity contribution in [2.75, 3.05) is 28.2 Å². The van der Waals surface area contributed by atoms with E-state index in [0.29, 0.717) is 5.75 Å². The standard InChI is InChI=1S/C19H15.C18H14O.2C2H6N.V/c1-15-18(16-9-4-2-5-10-16)13-8-14-19(15)17-11-6-3-7-12-17;19-18-16(14-8-3-1-4-9-14)12-7-13-17(18)15-10-5-2-6-11-15;2*1-3-2;/h2-14H,1H2;1-13,19H;2*1-2H3;/q-1;;2*-1;. The summed E-state index contributed by atoms with van der Waals surface area (Å²) in [5.41, 5.74) is 9.68. The van der Waals surface area contributed by atoms with Gasteiger partial charge in [-0.05, 0) is 11.1 Å². The average Bonchev–Trinajstić information content (AvgIpc) is 3.08. The van der Waals surface area contributed by atoms with Crippen LogP contribution in [0.1, 0.15) is 5.56 Å². The van der Waals surface area contributed by atoms with Crippen LogP contribution in [0.4, 0.5) is 0 Å². The fourth-order valence-electron chi connectivity index (χ4n) is 4.61. The van der Waals surface area contributed by atoms with Gasteiger partial charge in [-0.15, -0.1) is 23.3 Å². The van der Waals surface area contributed by atoms with Gasteiger partial charge in [-0.1, -0.05) is 157 Å². The van der Waals surface area contributed by atoms with E-state index in [-0.39, 0.29) is 18.6 Å². The Bertz CT molecular complexity index is 1400. The fraction of sp³-hybridized carbons (Fsp3) is 0.0976. The molecule has 1 radical (unpaired) electrons. The third-order valence-corrected chi connectivity index (χ3v) is 6.55. The molecule has 45 heavy (non-hydrogen) atoms.